The summed E-state index contributed by atoms with van der Waals surface area (Å²) in [4.78, 5) is 22.5. The van der Waals surface area contributed by atoms with E-state index in [4.69, 9.17) is 0 Å². The van der Waals surface area contributed by atoms with E-state index in [-0.39, 0.29) is 18.0 Å². The second-order valence-electron chi connectivity index (χ2n) is 5.06. The second kappa shape index (κ2) is 6.51. The van der Waals surface area contributed by atoms with E-state index < -0.39 is 16.4 Å². The van der Waals surface area contributed by atoms with E-state index in [1.54, 1.807) is 11.5 Å². The summed E-state index contributed by atoms with van der Waals surface area (Å²) in [6.45, 7) is 5.85. The molecule has 1 aromatic heterocycles. The first-order valence-corrected chi connectivity index (χ1v) is 6.64. The van der Waals surface area contributed by atoms with Gasteiger partial charge in [-0.05, 0) is 19.8 Å². The Hall–Kier alpha value is -1.89. The van der Waals surface area contributed by atoms with Gasteiger partial charge in [0.05, 0.1) is 23.3 Å². The van der Waals surface area contributed by atoms with E-state index in [0.29, 0.717) is 13.0 Å². The monoisotopic (exact) mass is 283 g/mol. The van der Waals surface area contributed by atoms with Crippen LogP contribution in [0.25, 0.3) is 0 Å². The van der Waals surface area contributed by atoms with Gasteiger partial charge in [0, 0.05) is 12.6 Å². The van der Waals surface area contributed by atoms with Gasteiger partial charge in [0.25, 0.3) is 11.6 Å². The molecule has 0 spiro atoms. The molecule has 0 aliphatic carbocycles. The maximum atomic E-state index is 12.2. The molecule has 0 bridgehead atoms. The number of hydrogen-bond donors (Lipinski definition) is 2. The maximum Gasteiger partial charge on any atom is 0.287 e. The Kier molecular flexibility index (Phi) is 5.26. The maximum absolute atomic E-state index is 12.2. The summed E-state index contributed by atoms with van der Waals surface area (Å²) < 4.78 is 1.57. The highest BCUT2D eigenvalue weighted by atomic mass is 16.6. The first kappa shape index (κ1) is 16.2. The number of carbonyl (C=O) groups excluding carboxylic acids is 1. The van der Waals surface area contributed by atoms with Gasteiger partial charge in [-0.25, -0.2) is 0 Å². The van der Waals surface area contributed by atoms with Crippen LogP contribution in [-0.2, 0) is 6.54 Å². The Balaban J connectivity index is 3.04. The lowest BCUT2D eigenvalue weighted by Crippen LogP contribution is -2.48. The number of aliphatic hydroxyl groups excluding tert-OH is 1. The highest BCUT2D eigenvalue weighted by molar-refractivity contribution is 5.94. The summed E-state index contributed by atoms with van der Waals surface area (Å²) in [5, 5.41) is 22.9. The molecule has 1 heterocycles. The van der Waals surface area contributed by atoms with E-state index in [1.807, 2.05) is 13.8 Å². The molecule has 7 nitrogen and oxygen atoms in total. The van der Waals surface area contributed by atoms with Crippen LogP contribution >= 0.6 is 0 Å². The summed E-state index contributed by atoms with van der Waals surface area (Å²) in [6, 6.07) is 1.26. The average molecular weight is 283 g/mol. The topological polar surface area (TPSA) is 97.4 Å². The predicted molar refractivity (Wildman–Crippen MR) is 74.6 cm³/mol. The number of hydrogen-bond acceptors (Lipinski definition) is 4. The van der Waals surface area contributed by atoms with Crippen molar-refractivity contribution in [3.05, 3.63) is 28.1 Å². The van der Waals surface area contributed by atoms with E-state index >= 15 is 0 Å². The minimum atomic E-state index is -0.729. The Morgan fingerprint density at radius 3 is 2.65 bits per heavy atom. The molecule has 1 unspecified atom stereocenters. The number of amides is 1. The number of aliphatic hydroxyl groups is 1. The normalized spacial score (nSPS) is 13.8. The standard InChI is InChI=1S/C13H21N3O4/c1-4-6-15-8-10(16(19)20)7-11(15)12(18)14-13(3,5-2)9-17/h7-8,17H,4-6,9H2,1-3H3,(H,14,18). The molecule has 0 radical (unpaired) electrons. The Bertz CT molecular complexity index is 492. The number of nitro groups is 1. The van der Waals surface area contributed by atoms with E-state index in [2.05, 4.69) is 5.32 Å². The number of nitrogens with zero attached hydrogens (tertiary/aromatic N) is 2. The van der Waals surface area contributed by atoms with Crippen molar-refractivity contribution in [3.8, 4) is 0 Å². The molecule has 2 N–H and O–H groups in total. The van der Waals surface area contributed by atoms with Crippen LogP contribution in [0.15, 0.2) is 12.3 Å². The van der Waals surface area contributed by atoms with Crippen molar-refractivity contribution in [3.63, 3.8) is 0 Å². The molecule has 0 saturated heterocycles. The Labute approximate surface area is 117 Å². The van der Waals surface area contributed by atoms with Gasteiger partial charge in [0.15, 0.2) is 0 Å². The van der Waals surface area contributed by atoms with Crippen molar-refractivity contribution < 1.29 is 14.8 Å². The van der Waals surface area contributed by atoms with Gasteiger partial charge < -0.3 is 15.0 Å². The van der Waals surface area contributed by atoms with E-state index in [0.717, 1.165) is 6.42 Å². The molecule has 112 valence electrons. The Morgan fingerprint density at radius 1 is 1.55 bits per heavy atom. The minimum absolute atomic E-state index is 0.106. The van der Waals surface area contributed by atoms with Gasteiger partial charge in [-0.3, -0.25) is 14.9 Å². The van der Waals surface area contributed by atoms with Gasteiger partial charge in [0.2, 0.25) is 0 Å². The van der Waals surface area contributed by atoms with Crippen molar-refractivity contribution in [2.75, 3.05) is 6.61 Å². The van der Waals surface area contributed by atoms with Crippen molar-refractivity contribution in [1.29, 1.82) is 0 Å². The zero-order chi connectivity index (χ0) is 15.3. The molecule has 1 rings (SSSR count). The molecule has 1 amide bonds. The third-order valence-corrected chi connectivity index (χ3v) is 3.33. The molecule has 0 aromatic carbocycles. The second-order valence-corrected chi connectivity index (χ2v) is 5.06. The zero-order valence-electron chi connectivity index (χ0n) is 12.0. The fraction of sp³-hybridized carbons (Fsp3) is 0.615. The van der Waals surface area contributed by atoms with Crippen molar-refractivity contribution in [1.82, 2.24) is 9.88 Å². The summed E-state index contributed by atoms with van der Waals surface area (Å²) in [5.41, 5.74) is -0.592. The van der Waals surface area contributed by atoms with Crippen LogP contribution in [0.4, 0.5) is 5.69 Å². The van der Waals surface area contributed by atoms with Gasteiger partial charge in [-0.1, -0.05) is 13.8 Å². The first-order chi connectivity index (χ1) is 9.36. The smallest absolute Gasteiger partial charge is 0.287 e. The van der Waals surface area contributed by atoms with E-state index in [9.17, 15) is 20.0 Å². The molecule has 20 heavy (non-hydrogen) atoms. The van der Waals surface area contributed by atoms with Crippen LogP contribution < -0.4 is 5.32 Å². The number of aromatic nitrogens is 1. The lowest BCUT2D eigenvalue weighted by molar-refractivity contribution is -0.384. The predicted octanol–water partition coefficient (Wildman–Crippen LogP) is 1.70. The molecule has 0 fully saturated rings. The van der Waals surface area contributed by atoms with Crippen LogP contribution in [0, 0.1) is 10.1 Å². The fourth-order valence-electron chi connectivity index (χ4n) is 1.79. The zero-order valence-corrected chi connectivity index (χ0v) is 12.0. The van der Waals surface area contributed by atoms with Gasteiger partial charge in [-0.2, -0.15) is 0 Å². The van der Waals surface area contributed by atoms with E-state index in [1.165, 1.54) is 12.3 Å². The molecule has 0 aliphatic rings. The highest BCUT2D eigenvalue weighted by Gasteiger charge is 2.26. The SMILES string of the molecule is CCCn1cc([N+](=O)[O-])cc1C(=O)NC(C)(CC)CO. The third kappa shape index (κ3) is 3.57. The average Bonchev–Trinajstić information content (AvgIpc) is 2.83. The van der Waals surface area contributed by atoms with Gasteiger partial charge in [0.1, 0.15) is 5.69 Å². The summed E-state index contributed by atoms with van der Waals surface area (Å²) >= 11 is 0. The molecule has 7 heteroatoms. The fourth-order valence-corrected chi connectivity index (χ4v) is 1.79. The summed E-state index contributed by atoms with van der Waals surface area (Å²) in [7, 11) is 0. The molecular weight excluding hydrogens is 262 g/mol. The molecule has 1 aromatic rings. The van der Waals surface area contributed by atoms with Crippen molar-refractivity contribution in [2.45, 2.75) is 45.7 Å². The number of rotatable bonds is 7. The highest BCUT2D eigenvalue weighted by Crippen LogP contribution is 2.18. The van der Waals surface area contributed by atoms with Crippen LogP contribution in [0.2, 0.25) is 0 Å². The van der Waals surface area contributed by atoms with Gasteiger partial charge >= 0.3 is 0 Å². The quantitative estimate of drug-likeness (QED) is 0.588. The lowest BCUT2D eigenvalue weighted by Gasteiger charge is -2.27. The largest absolute Gasteiger partial charge is 0.394 e. The summed E-state index contributed by atoms with van der Waals surface area (Å²) in [6.07, 6.45) is 2.68. The first-order valence-electron chi connectivity index (χ1n) is 6.64. The third-order valence-electron chi connectivity index (χ3n) is 3.33. The Morgan fingerprint density at radius 2 is 2.20 bits per heavy atom. The lowest BCUT2D eigenvalue weighted by atomic mass is 10.00. The summed E-state index contributed by atoms with van der Waals surface area (Å²) in [5.74, 6) is -0.412. The molecular formula is C13H21N3O4. The van der Waals surface area contributed by atoms with Crippen LogP contribution in [0.3, 0.4) is 0 Å². The minimum Gasteiger partial charge on any atom is -0.394 e. The van der Waals surface area contributed by atoms with Crippen molar-refractivity contribution >= 4 is 11.6 Å². The number of nitrogens with one attached hydrogen (secondary N) is 1. The van der Waals surface area contributed by atoms with Crippen molar-refractivity contribution in [2.24, 2.45) is 0 Å². The van der Waals surface area contributed by atoms with Crippen LogP contribution in [-0.4, -0.2) is 32.6 Å². The van der Waals surface area contributed by atoms with Gasteiger partial charge in [-0.15, -0.1) is 0 Å². The molecule has 0 aliphatic heterocycles. The van der Waals surface area contributed by atoms with Crippen LogP contribution in [0.1, 0.15) is 44.1 Å². The molecule has 1 atom stereocenters. The number of aryl methyl sites for hydroxylation is 1. The number of carbonyl (C=O) groups is 1. The molecule has 0 saturated carbocycles. The van der Waals surface area contributed by atoms with Crippen LogP contribution in [0.5, 0.6) is 0 Å².